The molecule has 0 aliphatic carbocycles. The second-order valence-electron chi connectivity index (χ2n) is 2.57. The summed E-state index contributed by atoms with van der Waals surface area (Å²) in [6.45, 7) is 5.68. The maximum atomic E-state index is 3.55. The van der Waals surface area contributed by atoms with Gasteiger partial charge in [0, 0.05) is 5.92 Å². The summed E-state index contributed by atoms with van der Waals surface area (Å²) >= 11 is 0. The molecule has 0 aliphatic heterocycles. The van der Waals surface area contributed by atoms with Crippen LogP contribution < -0.4 is 0 Å². The van der Waals surface area contributed by atoms with E-state index < -0.39 is 0 Å². The van der Waals surface area contributed by atoms with Crippen molar-refractivity contribution in [3.8, 4) is 0 Å². The van der Waals surface area contributed by atoms with Crippen LogP contribution in [0.4, 0.5) is 0 Å². The van der Waals surface area contributed by atoms with Crippen molar-refractivity contribution in [2.45, 2.75) is 12.8 Å². The Kier molecular flexibility index (Phi) is 2.71. The monoisotopic (exact) mass is 144 g/mol. The molecule has 0 heteroatoms. The first-order chi connectivity index (χ1) is 5.34. The first kappa shape index (κ1) is 7.84. The van der Waals surface area contributed by atoms with Gasteiger partial charge in [-0.25, -0.2) is 0 Å². The molecule has 1 aromatic carbocycles. The zero-order valence-corrected chi connectivity index (χ0v) is 6.75. The molecule has 0 N–H and O–H groups in total. The predicted octanol–water partition coefficient (Wildman–Crippen LogP) is 3.13. The third kappa shape index (κ3) is 2.10. The van der Waals surface area contributed by atoms with Gasteiger partial charge in [0.05, 0.1) is 0 Å². The third-order valence-electron chi connectivity index (χ3n) is 1.69. The second kappa shape index (κ2) is 3.80. The number of hydrogen-bond acceptors (Lipinski definition) is 0. The third-order valence-corrected chi connectivity index (χ3v) is 1.69. The van der Waals surface area contributed by atoms with Gasteiger partial charge >= 0.3 is 0 Å². The van der Waals surface area contributed by atoms with E-state index in [0.717, 1.165) is 0 Å². The van der Waals surface area contributed by atoms with Crippen molar-refractivity contribution in [1.82, 2.24) is 0 Å². The van der Waals surface area contributed by atoms with Gasteiger partial charge in [-0.05, 0) is 11.6 Å². The highest BCUT2D eigenvalue weighted by Crippen LogP contribution is 2.14. The van der Waals surface area contributed by atoms with Gasteiger partial charge in [0.2, 0.25) is 0 Å². The molecule has 1 rings (SSSR count). The lowest BCUT2D eigenvalue weighted by atomic mass is 10.0. The van der Waals surface area contributed by atoms with Gasteiger partial charge in [0.25, 0.3) is 0 Å². The van der Waals surface area contributed by atoms with Crippen molar-refractivity contribution < 1.29 is 0 Å². The minimum absolute atomic E-state index is 0.425. The van der Waals surface area contributed by atoms with Crippen LogP contribution in [0.25, 0.3) is 0 Å². The standard InChI is InChI=1S/C11H12/c1-3-7-10(2)11-8-5-4-6-9-11/h4-10H,1H2,2H3. The maximum Gasteiger partial charge on any atom is 0.00653 e. The van der Waals surface area contributed by atoms with Crippen LogP contribution in [0.5, 0.6) is 0 Å². The van der Waals surface area contributed by atoms with Crippen LogP contribution in [0, 0.1) is 0 Å². The molecule has 0 aromatic heterocycles. The first-order valence-corrected chi connectivity index (χ1v) is 3.75. The molecule has 0 radical (unpaired) electrons. The Balaban J connectivity index is 2.84. The summed E-state index contributed by atoms with van der Waals surface area (Å²) < 4.78 is 0. The zero-order chi connectivity index (χ0) is 8.10. The van der Waals surface area contributed by atoms with Crippen molar-refractivity contribution in [2.24, 2.45) is 0 Å². The van der Waals surface area contributed by atoms with Gasteiger partial charge in [-0.3, -0.25) is 0 Å². The maximum absolute atomic E-state index is 3.55. The molecule has 11 heavy (non-hydrogen) atoms. The molecule has 0 heterocycles. The zero-order valence-electron chi connectivity index (χ0n) is 6.75. The Hall–Kier alpha value is -1.26. The van der Waals surface area contributed by atoms with Gasteiger partial charge < -0.3 is 0 Å². The Bertz CT molecular complexity index is 253. The minimum atomic E-state index is 0.425. The summed E-state index contributed by atoms with van der Waals surface area (Å²) in [6.07, 6.45) is 1.97. The molecule has 0 fully saturated rings. The quantitative estimate of drug-likeness (QED) is 0.559. The smallest absolute Gasteiger partial charge is 0.00653 e. The molecule has 0 nitrogen and oxygen atoms in total. The highest BCUT2D eigenvalue weighted by molar-refractivity contribution is 5.22. The topological polar surface area (TPSA) is 0 Å². The Labute approximate surface area is 67.9 Å². The molecule has 56 valence electrons. The summed E-state index contributed by atoms with van der Waals surface area (Å²) in [5, 5.41) is 0. The van der Waals surface area contributed by atoms with Crippen LogP contribution in [0.15, 0.2) is 48.7 Å². The van der Waals surface area contributed by atoms with Gasteiger partial charge in [0.15, 0.2) is 0 Å². The highest BCUT2D eigenvalue weighted by atomic mass is 14.0. The lowest BCUT2D eigenvalue weighted by Gasteiger charge is -2.03. The highest BCUT2D eigenvalue weighted by Gasteiger charge is 1.97. The van der Waals surface area contributed by atoms with Crippen molar-refractivity contribution in [3.05, 3.63) is 54.3 Å². The minimum Gasteiger partial charge on any atom is -0.132 e. The summed E-state index contributed by atoms with van der Waals surface area (Å²) in [5.74, 6) is 0.425. The van der Waals surface area contributed by atoms with E-state index in [1.165, 1.54) is 5.56 Å². The lowest BCUT2D eigenvalue weighted by molar-refractivity contribution is 0.970. The fourth-order valence-corrected chi connectivity index (χ4v) is 1.03. The molecule has 1 aromatic rings. The van der Waals surface area contributed by atoms with Gasteiger partial charge in [-0.1, -0.05) is 43.8 Å². The van der Waals surface area contributed by atoms with Crippen molar-refractivity contribution in [2.75, 3.05) is 0 Å². The van der Waals surface area contributed by atoms with E-state index in [-0.39, 0.29) is 0 Å². The fraction of sp³-hybridized carbons (Fsp3) is 0.182. The van der Waals surface area contributed by atoms with E-state index in [1.54, 1.807) is 0 Å². The second-order valence-corrected chi connectivity index (χ2v) is 2.57. The normalized spacial score (nSPS) is 11.7. The molecule has 1 atom stereocenters. The van der Waals surface area contributed by atoms with Crippen LogP contribution in [-0.4, -0.2) is 0 Å². The summed E-state index contributed by atoms with van der Waals surface area (Å²) in [4.78, 5) is 0. The summed E-state index contributed by atoms with van der Waals surface area (Å²) in [7, 11) is 0. The van der Waals surface area contributed by atoms with E-state index in [0.29, 0.717) is 5.92 Å². The number of rotatable bonds is 2. The molecule has 0 amide bonds. The SMILES string of the molecule is C=C=CC(C)c1ccccc1. The van der Waals surface area contributed by atoms with E-state index in [9.17, 15) is 0 Å². The van der Waals surface area contributed by atoms with Crippen LogP contribution in [0.3, 0.4) is 0 Å². The Morgan fingerprint density at radius 3 is 2.55 bits per heavy atom. The van der Waals surface area contributed by atoms with Gasteiger partial charge in [0.1, 0.15) is 0 Å². The van der Waals surface area contributed by atoms with Crippen molar-refractivity contribution in [3.63, 3.8) is 0 Å². The van der Waals surface area contributed by atoms with Crippen molar-refractivity contribution >= 4 is 0 Å². The summed E-state index contributed by atoms with van der Waals surface area (Å²) in [5.41, 5.74) is 4.10. The number of hydrogen-bond donors (Lipinski definition) is 0. The van der Waals surface area contributed by atoms with Crippen LogP contribution in [-0.2, 0) is 0 Å². The number of allylic oxidation sites excluding steroid dienone is 1. The summed E-state index contributed by atoms with van der Waals surface area (Å²) in [6, 6.07) is 10.3. The first-order valence-electron chi connectivity index (χ1n) is 3.75. The van der Waals surface area contributed by atoms with Crippen LogP contribution in [0.1, 0.15) is 18.4 Å². The molecule has 1 unspecified atom stereocenters. The Morgan fingerprint density at radius 1 is 1.36 bits per heavy atom. The largest absolute Gasteiger partial charge is 0.132 e. The average Bonchev–Trinajstić information content (AvgIpc) is 2.07. The van der Waals surface area contributed by atoms with E-state index in [1.807, 2.05) is 24.3 Å². The van der Waals surface area contributed by atoms with Crippen LogP contribution in [0.2, 0.25) is 0 Å². The lowest BCUT2D eigenvalue weighted by Crippen LogP contribution is -1.85. The van der Waals surface area contributed by atoms with Crippen LogP contribution >= 0.6 is 0 Å². The van der Waals surface area contributed by atoms with E-state index in [2.05, 4.69) is 31.4 Å². The molecular formula is C11H12. The molecular weight excluding hydrogens is 132 g/mol. The molecule has 0 aliphatic rings. The van der Waals surface area contributed by atoms with Crippen molar-refractivity contribution in [1.29, 1.82) is 0 Å². The predicted molar refractivity (Wildman–Crippen MR) is 48.6 cm³/mol. The van der Waals surface area contributed by atoms with E-state index in [4.69, 9.17) is 0 Å². The molecule has 0 bridgehead atoms. The molecule has 0 saturated carbocycles. The van der Waals surface area contributed by atoms with Gasteiger partial charge in [-0.2, -0.15) is 0 Å². The fourth-order valence-electron chi connectivity index (χ4n) is 1.03. The van der Waals surface area contributed by atoms with E-state index >= 15 is 0 Å². The average molecular weight is 144 g/mol. The molecule has 0 spiro atoms. The number of benzene rings is 1. The van der Waals surface area contributed by atoms with Gasteiger partial charge in [-0.15, -0.1) is 5.73 Å². The Morgan fingerprint density at radius 2 is 2.00 bits per heavy atom. The molecule has 0 saturated heterocycles.